The summed E-state index contributed by atoms with van der Waals surface area (Å²) < 4.78 is 11.5. The number of ether oxygens (including phenoxy) is 2. The Morgan fingerprint density at radius 3 is 2.50 bits per heavy atom. The van der Waals surface area contributed by atoms with Crippen LogP contribution in [0.5, 0.6) is 5.75 Å². The SMILES string of the molecule is O=C1NC(=O)/C(=C/c2ccc(OCCOC3CCCCC3)cc2)S1. The molecule has 128 valence electrons. The number of carbonyl (C=O) groups is 2. The molecule has 1 aliphatic heterocycles. The number of thioether (sulfide) groups is 1. The van der Waals surface area contributed by atoms with Gasteiger partial charge in [-0.25, -0.2) is 0 Å². The van der Waals surface area contributed by atoms with Gasteiger partial charge in [0.1, 0.15) is 12.4 Å². The fourth-order valence-electron chi connectivity index (χ4n) is 2.84. The molecule has 1 N–H and O–H groups in total. The Hall–Kier alpha value is -1.79. The second kappa shape index (κ2) is 8.35. The molecule has 2 aliphatic rings. The molecule has 0 radical (unpaired) electrons. The van der Waals surface area contributed by atoms with Gasteiger partial charge < -0.3 is 9.47 Å². The van der Waals surface area contributed by atoms with Gasteiger partial charge in [0.05, 0.1) is 17.6 Å². The number of nitrogens with one attached hydrogen (secondary N) is 1. The Kier molecular flexibility index (Phi) is 5.93. The molecule has 0 bridgehead atoms. The highest BCUT2D eigenvalue weighted by Crippen LogP contribution is 2.26. The zero-order chi connectivity index (χ0) is 16.8. The predicted molar refractivity (Wildman–Crippen MR) is 93.9 cm³/mol. The Morgan fingerprint density at radius 1 is 1.08 bits per heavy atom. The molecule has 3 rings (SSSR count). The number of imide groups is 1. The van der Waals surface area contributed by atoms with Gasteiger partial charge in [-0.3, -0.25) is 14.9 Å². The van der Waals surface area contributed by atoms with Crippen LogP contribution in [-0.2, 0) is 9.53 Å². The van der Waals surface area contributed by atoms with Gasteiger partial charge in [-0.2, -0.15) is 0 Å². The van der Waals surface area contributed by atoms with Gasteiger partial charge in [0.2, 0.25) is 0 Å². The number of hydrogen-bond acceptors (Lipinski definition) is 5. The first-order valence-corrected chi connectivity index (χ1v) is 9.12. The van der Waals surface area contributed by atoms with E-state index in [1.54, 1.807) is 6.08 Å². The fraction of sp³-hybridized carbons (Fsp3) is 0.444. The molecule has 6 heteroatoms. The van der Waals surface area contributed by atoms with Crippen LogP contribution in [0.2, 0.25) is 0 Å². The van der Waals surface area contributed by atoms with Crippen LogP contribution in [0.3, 0.4) is 0 Å². The zero-order valence-corrected chi connectivity index (χ0v) is 14.3. The van der Waals surface area contributed by atoms with Gasteiger partial charge in [0, 0.05) is 0 Å². The van der Waals surface area contributed by atoms with Crippen molar-refractivity contribution >= 4 is 29.0 Å². The summed E-state index contributed by atoms with van der Waals surface area (Å²) in [6.45, 7) is 1.14. The van der Waals surface area contributed by atoms with Gasteiger partial charge in [-0.1, -0.05) is 31.4 Å². The highest BCUT2D eigenvalue weighted by Gasteiger charge is 2.24. The summed E-state index contributed by atoms with van der Waals surface area (Å²) in [5.74, 6) is 0.425. The lowest BCUT2D eigenvalue weighted by atomic mass is 9.98. The predicted octanol–water partition coefficient (Wildman–Crippen LogP) is 3.74. The molecule has 0 unspecified atom stereocenters. The first-order chi connectivity index (χ1) is 11.7. The maximum Gasteiger partial charge on any atom is 0.290 e. The average molecular weight is 347 g/mol. The van der Waals surface area contributed by atoms with Crippen molar-refractivity contribution in [1.82, 2.24) is 5.32 Å². The summed E-state index contributed by atoms with van der Waals surface area (Å²) in [6.07, 6.45) is 8.28. The number of carbonyl (C=O) groups excluding carboxylic acids is 2. The van der Waals surface area contributed by atoms with Crippen LogP contribution < -0.4 is 10.1 Å². The minimum absolute atomic E-state index is 0.329. The molecule has 0 spiro atoms. The van der Waals surface area contributed by atoms with Crippen LogP contribution in [0.25, 0.3) is 6.08 Å². The first-order valence-electron chi connectivity index (χ1n) is 8.30. The fourth-order valence-corrected chi connectivity index (χ4v) is 3.52. The quantitative estimate of drug-likeness (QED) is 0.627. The van der Waals surface area contributed by atoms with E-state index in [1.807, 2.05) is 24.3 Å². The summed E-state index contributed by atoms with van der Waals surface area (Å²) >= 11 is 0.917. The van der Waals surface area contributed by atoms with E-state index in [1.165, 1.54) is 19.3 Å². The van der Waals surface area contributed by atoms with E-state index in [2.05, 4.69) is 5.32 Å². The van der Waals surface area contributed by atoms with Crippen LogP contribution in [-0.4, -0.2) is 30.5 Å². The van der Waals surface area contributed by atoms with E-state index in [9.17, 15) is 9.59 Å². The van der Waals surface area contributed by atoms with Gasteiger partial charge in [0.25, 0.3) is 11.1 Å². The minimum atomic E-state index is -0.342. The monoisotopic (exact) mass is 347 g/mol. The molecule has 2 amide bonds. The molecule has 1 aromatic rings. The van der Waals surface area contributed by atoms with E-state index >= 15 is 0 Å². The van der Waals surface area contributed by atoms with Crippen LogP contribution in [0, 0.1) is 0 Å². The van der Waals surface area contributed by atoms with E-state index in [0.717, 1.165) is 35.9 Å². The topological polar surface area (TPSA) is 64.6 Å². The van der Waals surface area contributed by atoms with Crippen LogP contribution in [0.1, 0.15) is 37.7 Å². The third-order valence-electron chi connectivity index (χ3n) is 4.08. The van der Waals surface area contributed by atoms with Crippen LogP contribution in [0.15, 0.2) is 29.2 Å². The van der Waals surface area contributed by atoms with Crippen molar-refractivity contribution in [3.63, 3.8) is 0 Å². The van der Waals surface area contributed by atoms with Crippen molar-refractivity contribution in [2.24, 2.45) is 0 Å². The summed E-state index contributed by atoms with van der Waals surface area (Å²) in [4.78, 5) is 23.0. The van der Waals surface area contributed by atoms with Crippen LogP contribution >= 0.6 is 11.8 Å². The molecular weight excluding hydrogens is 326 g/mol. The van der Waals surface area contributed by atoms with E-state index in [-0.39, 0.29) is 11.1 Å². The first kappa shape index (κ1) is 17.0. The van der Waals surface area contributed by atoms with Crippen molar-refractivity contribution < 1.29 is 19.1 Å². The average Bonchev–Trinajstić information content (AvgIpc) is 2.91. The molecule has 1 saturated carbocycles. The van der Waals surface area contributed by atoms with Crippen molar-refractivity contribution in [3.05, 3.63) is 34.7 Å². The largest absolute Gasteiger partial charge is 0.491 e. The van der Waals surface area contributed by atoms with Crippen molar-refractivity contribution in [3.8, 4) is 5.75 Å². The van der Waals surface area contributed by atoms with Crippen LogP contribution in [0.4, 0.5) is 4.79 Å². The second-order valence-electron chi connectivity index (χ2n) is 5.90. The lowest BCUT2D eigenvalue weighted by Gasteiger charge is -2.21. The molecular formula is C18H21NO4S. The van der Waals surface area contributed by atoms with Crippen molar-refractivity contribution in [2.45, 2.75) is 38.2 Å². The number of benzene rings is 1. The van der Waals surface area contributed by atoms with E-state index in [4.69, 9.17) is 9.47 Å². The highest BCUT2D eigenvalue weighted by atomic mass is 32.2. The smallest absolute Gasteiger partial charge is 0.290 e. The maximum absolute atomic E-state index is 11.5. The van der Waals surface area contributed by atoms with E-state index in [0.29, 0.717) is 24.2 Å². The van der Waals surface area contributed by atoms with Gasteiger partial charge in [-0.05, 0) is 48.4 Å². The zero-order valence-electron chi connectivity index (χ0n) is 13.5. The van der Waals surface area contributed by atoms with Gasteiger partial charge >= 0.3 is 0 Å². The lowest BCUT2D eigenvalue weighted by Crippen LogP contribution is -2.19. The molecule has 0 aromatic heterocycles. The Morgan fingerprint density at radius 2 is 1.83 bits per heavy atom. The molecule has 1 saturated heterocycles. The van der Waals surface area contributed by atoms with Crippen molar-refractivity contribution in [2.75, 3.05) is 13.2 Å². The van der Waals surface area contributed by atoms with Gasteiger partial charge in [0.15, 0.2) is 0 Å². The summed E-state index contributed by atoms with van der Waals surface area (Å²) in [5.41, 5.74) is 0.855. The van der Waals surface area contributed by atoms with E-state index < -0.39 is 0 Å². The molecule has 2 fully saturated rings. The Bertz CT molecular complexity index is 620. The molecule has 0 atom stereocenters. The Labute approximate surface area is 145 Å². The highest BCUT2D eigenvalue weighted by molar-refractivity contribution is 8.18. The summed E-state index contributed by atoms with van der Waals surface area (Å²) in [6, 6.07) is 7.43. The number of amides is 2. The van der Waals surface area contributed by atoms with Gasteiger partial charge in [-0.15, -0.1) is 0 Å². The van der Waals surface area contributed by atoms with Crippen molar-refractivity contribution in [1.29, 1.82) is 0 Å². The molecule has 5 nitrogen and oxygen atoms in total. The number of hydrogen-bond donors (Lipinski definition) is 1. The standard InChI is InChI=1S/C18H21NO4S/c20-17-16(24-18(21)19-17)12-13-6-8-15(9-7-13)23-11-10-22-14-4-2-1-3-5-14/h6-9,12,14H,1-5,10-11H2,(H,19,20,21)/b16-12-. The third kappa shape index (κ3) is 4.85. The maximum atomic E-state index is 11.5. The third-order valence-corrected chi connectivity index (χ3v) is 4.89. The minimum Gasteiger partial charge on any atom is -0.491 e. The second-order valence-corrected chi connectivity index (χ2v) is 6.92. The molecule has 24 heavy (non-hydrogen) atoms. The Balaban J connectivity index is 1.44. The molecule has 1 aliphatic carbocycles. The number of rotatable bonds is 6. The molecule has 1 aromatic carbocycles. The lowest BCUT2D eigenvalue weighted by molar-refractivity contribution is -0.115. The summed E-state index contributed by atoms with van der Waals surface area (Å²) in [7, 11) is 0. The summed E-state index contributed by atoms with van der Waals surface area (Å²) in [5, 5.41) is 1.91. The molecule has 1 heterocycles. The normalized spacial score (nSPS) is 20.4.